The summed E-state index contributed by atoms with van der Waals surface area (Å²) in [6.45, 7) is 17.0. The van der Waals surface area contributed by atoms with Crippen LogP contribution in [-0.4, -0.2) is 198 Å². The zero-order valence-corrected chi connectivity index (χ0v) is 78.6. The lowest BCUT2D eigenvalue weighted by Crippen LogP contribution is -2.66. The number of quaternary nitrogens is 2. The first-order valence-corrected chi connectivity index (χ1v) is 47.3. The summed E-state index contributed by atoms with van der Waals surface area (Å²) >= 11 is 26.1. The standard InChI is InChI=1S/C91H92Cl4N16O11.C9H18N2O/c1-4-104-39-7-10-56(53-104)44-87(112)105(88(90(113)114)73-27-21-67(51-84(73)109(119)120)106(81-31-37-100-79-47-61(94)17-25-71(79)81)110(40-8-11-63(96)54-110)42-33-57-13-19-65(49-83(57)108(117)118)102-75-29-35-98-77-45-59(92)15-23-69(75)77)89(91(115)116)74-28-22-68(52-86(74)122-6-3)107(82-32-38-101-80-48-62(95)18-26-72(80)82)111(41-9-12-64(97)55-111)43-34-58-14-20-66(50-85(58)121-5-2)103-76-30-36-99-78-46-60(93)16-24-70(76)78;1-3-11-6-4-5-9(7-11)10-8(2)12/h13-32,35-38,45-52,56,63-64,88-89H,4-12,33-34,39-44,53-55,96-97H2,1-3H3,(H2-2,98,99,102,103,113,114,115,116);9H,3-7H2,1-2H3,(H,10,12)/p+2. The number of aliphatic carboxylic acids is 2. The van der Waals surface area contributed by atoms with Crippen LogP contribution < -0.4 is 46.9 Å². The molecular weight excluding hydrogens is 1790 g/mol. The third-order valence-electron chi connectivity index (χ3n) is 26.1. The maximum absolute atomic E-state index is 16.2. The number of carboxylic acid groups (broad SMARTS) is 2. The van der Waals surface area contributed by atoms with Crippen molar-refractivity contribution in [3.63, 3.8) is 0 Å². The number of anilines is 8. The van der Waals surface area contributed by atoms with Crippen molar-refractivity contribution >= 4 is 171 Å². The van der Waals surface area contributed by atoms with E-state index in [1.165, 1.54) is 37.2 Å². The second kappa shape index (κ2) is 43.0. The van der Waals surface area contributed by atoms with Gasteiger partial charge in [-0.2, -0.15) is 10.0 Å². The summed E-state index contributed by atoms with van der Waals surface area (Å²) in [4.78, 5) is 108. The molecule has 12 aromatic rings. The number of nitro benzene ring substituents is 2. The van der Waals surface area contributed by atoms with Crippen LogP contribution in [0.5, 0.6) is 11.5 Å². The summed E-state index contributed by atoms with van der Waals surface area (Å²) in [6.07, 6.45) is 13.0. The molecule has 134 heavy (non-hydrogen) atoms. The van der Waals surface area contributed by atoms with Gasteiger partial charge in [0.2, 0.25) is 11.8 Å². The van der Waals surface area contributed by atoms with Crippen LogP contribution in [0.4, 0.5) is 56.9 Å². The van der Waals surface area contributed by atoms with Gasteiger partial charge in [-0.1, -0.05) is 72.4 Å². The Kier molecular flexibility index (Phi) is 30.9. The molecule has 700 valence electrons. The van der Waals surface area contributed by atoms with E-state index in [1.54, 1.807) is 124 Å². The van der Waals surface area contributed by atoms with E-state index in [9.17, 15) is 35.2 Å². The maximum atomic E-state index is 16.2. The van der Waals surface area contributed by atoms with Crippen LogP contribution in [0.2, 0.25) is 20.1 Å². The van der Waals surface area contributed by atoms with E-state index in [-0.39, 0.29) is 82.3 Å². The molecule has 8 unspecified atom stereocenters. The molecule has 0 bridgehead atoms. The molecular formula is C100H112Cl4N18O12+2. The number of likely N-dealkylation sites (N-methyl/N-ethyl adjacent to an activating group) is 1. The van der Waals surface area contributed by atoms with Gasteiger partial charge in [-0.25, -0.2) is 18.8 Å². The molecule has 30 nitrogen and oxygen atoms in total. The quantitative estimate of drug-likeness (QED) is 0.0114. The van der Waals surface area contributed by atoms with E-state index in [0.717, 1.165) is 76.0 Å². The predicted molar refractivity (Wildman–Crippen MR) is 527 cm³/mol. The number of aromatic nitrogens is 4. The highest BCUT2D eigenvalue weighted by Crippen LogP contribution is 2.49. The fraction of sp³-hybridized carbons (Fsp3) is 0.360. The van der Waals surface area contributed by atoms with Crippen LogP contribution in [0.3, 0.4) is 0 Å². The van der Waals surface area contributed by atoms with Gasteiger partial charge >= 0.3 is 11.9 Å². The van der Waals surface area contributed by atoms with E-state index in [1.807, 2.05) is 79.5 Å². The van der Waals surface area contributed by atoms with E-state index in [0.29, 0.717) is 172 Å². The number of carbonyl (C=O) groups excluding carboxylic acids is 2. The Morgan fingerprint density at radius 3 is 1.47 bits per heavy atom. The lowest BCUT2D eigenvalue weighted by atomic mass is 9.91. The molecule has 8 heterocycles. The van der Waals surface area contributed by atoms with Gasteiger partial charge < -0.3 is 61.8 Å². The fourth-order valence-corrected chi connectivity index (χ4v) is 20.7. The number of ether oxygens (including phenoxy) is 2. The number of pyridine rings is 4. The summed E-state index contributed by atoms with van der Waals surface area (Å²) < 4.78 is 13.3. The third-order valence-corrected chi connectivity index (χ3v) is 27.0. The normalized spacial score (nSPS) is 19.2. The molecule has 0 aliphatic carbocycles. The summed E-state index contributed by atoms with van der Waals surface area (Å²) in [5.74, 6) is -3.94. The summed E-state index contributed by atoms with van der Waals surface area (Å²) in [6, 6.07) is 43.8. The first-order valence-electron chi connectivity index (χ1n) is 45.8. The second-order valence-electron chi connectivity index (χ2n) is 35.0. The number of hydrogen-bond acceptors (Lipinski definition) is 22. The highest BCUT2D eigenvalue weighted by atomic mass is 35.5. The van der Waals surface area contributed by atoms with Crippen molar-refractivity contribution in [3.05, 3.63) is 257 Å². The SMILES string of the molecule is CCN1CCCC(NC(C)=O)C1.CCOc1cc(Nc2ccnc3cc(Cl)ccc23)ccc1CC[N+]1(N(c2ccc(C(C(=O)O)N(C(=O)CC3CCCN(CC)C3)C(C(=O)O)c3ccc(N(c4ccnc5cc(Cl)ccc45)[N+]4(CCc5ccc(Nc6ccnc7cc(Cl)ccc67)cc5[N+](=O)[O-])CCCC(N)C4)cc3[N+](=O)[O-])c(OCC)c2)c2ccnc3cc(Cl)ccc23)CCCC(N)C1. The number of nitrogens with two attached hydrogens (primary N) is 2. The van der Waals surface area contributed by atoms with Crippen molar-refractivity contribution in [3.8, 4) is 11.5 Å². The molecule has 34 heteroatoms. The minimum Gasteiger partial charge on any atom is -0.494 e. The molecule has 0 spiro atoms. The number of carbonyl (C=O) groups is 4. The molecule has 16 rings (SSSR count). The van der Waals surface area contributed by atoms with Crippen molar-refractivity contribution in [1.29, 1.82) is 0 Å². The van der Waals surface area contributed by atoms with Crippen molar-refractivity contribution in [1.82, 2.24) is 40.0 Å². The molecule has 8 aromatic carbocycles. The number of nitro groups is 2. The van der Waals surface area contributed by atoms with Crippen LogP contribution in [0.15, 0.2) is 195 Å². The number of nitrogens with one attached hydrogen (secondary N) is 3. The Hall–Kier alpha value is -12.2. The Morgan fingerprint density at radius 1 is 0.515 bits per heavy atom. The number of hydrogen-bond donors (Lipinski definition) is 7. The van der Waals surface area contributed by atoms with Gasteiger partial charge in [-0.05, 0) is 223 Å². The largest absolute Gasteiger partial charge is 0.494 e. The van der Waals surface area contributed by atoms with E-state index in [2.05, 4.69) is 47.7 Å². The molecule has 4 aliphatic heterocycles. The second-order valence-corrected chi connectivity index (χ2v) is 36.7. The number of rotatable bonds is 33. The van der Waals surface area contributed by atoms with Crippen molar-refractivity contribution in [2.24, 2.45) is 17.4 Å². The monoisotopic (exact) mass is 1900 g/mol. The Morgan fingerprint density at radius 2 is 0.970 bits per heavy atom. The summed E-state index contributed by atoms with van der Waals surface area (Å²) in [5.41, 5.74) is 20.9. The van der Waals surface area contributed by atoms with Gasteiger partial charge in [0.1, 0.15) is 67.8 Å². The minimum atomic E-state index is -2.35. The zero-order valence-electron chi connectivity index (χ0n) is 75.6. The first-order chi connectivity index (χ1) is 64.6. The minimum absolute atomic E-state index is 0.0188. The Balaban J connectivity index is 0.00000106. The molecule has 4 aliphatic rings. The highest BCUT2D eigenvalue weighted by Gasteiger charge is 2.49. The molecule has 0 radical (unpaired) electrons. The van der Waals surface area contributed by atoms with Gasteiger partial charge in [0.15, 0.2) is 12.1 Å². The molecule has 8 atom stereocenters. The maximum Gasteiger partial charge on any atom is 0.331 e. The Labute approximate surface area is 797 Å². The van der Waals surface area contributed by atoms with Crippen LogP contribution in [0.1, 0.15) is 127 Å². The molecule has 2 amide bonds. The number of halogens is 4. The Bertz CT molecular complexity index is 6370. The van der Waals surface area contributed by atoms with E-state index >= 15 is 14.4 Å². The van der Waals surface area contributed by atoms with Crippen LogP contribution in [0, 0.1) is 26.1 Å². The van der Waals surface area contributed by atoms with E-state index in [4.69, 9.17) is 77.3 Å². The van der Waals surface area contributed by atoms with Crippen LogP contribution in [0.25, 0.3) is 43.6 Å². The lowest BCUT2D eigenvalue weighted by Gasteiger charge is -2.50. The van der Waals surface area contributed by atoms with Gasteiger partial charge in [-0.3, -0.25) is 49.8 Å². The zero-order chi connectivity index (χ0) is 94.6. The van der Waals surface area contributed by atoms with Gasteiger partial charge in [0.25, 0.3) is 11.4 Å². The topological polar surface area (TPSA) is 369 Å². The predicted octanol–water partition coefficient (Wildman–Crippen LogP) is 19.6. The van der Waals surface area contributed by atoms with Crippen molar-refractivity contribution in [2.75, 3.05) is 112 Å². The van der Waals surface area contributed by atoms with Crippen molar-refractivity contribution < 1.29 is 57.9 Å². The number of likely N-dealkylation sites (tertiary alicyclic amines) is 4. The van der Waals surface area contributed by atoms with Gasteiger partial charge in [0.05, 0.1) is 68.5 Å². The number of nitrogens with zero attached hydrogens (tertiary/aromatic N) is 13. The van der Waals surface area contributed by atoms with Crippen molar-refractivity contribution in [2.45, 2.75) is 135 Å². The highest BCUT2D eigenvalue weighted by molar-refractivity contribution is 6.32. The van der Waals surface area contributed by atoms with Gasteiger partial charge in [-0.15, -0.1) is 0 Å². The number of amides is 2. The number of carboxylic acids is 2. The number of benzene rings is 8. The average Bonchev–Trinajstić information content (AvgIpc) is 0.736. The molecule has 4 saturated heterocycles. The molecule has 0 saturated carbocycles. The lowest BCUT2D eigenvalue weighted by molar-refractivity contribution is -0.935. The smallest absolute Gasteiger partial charge is 0.331 e. The molecule has 4 aromatic heterocycles. The number of fused-ring (bicyclic) bond motifs is 4. The number of piperidine rings is 4. The molecule has 4 fully saturated rings. The van der Waals surface area contributed by atoms with Crippen LogP contribution in [-0.2, 0) is 32.0 Å². The first kappa shape index (κ1) is 96.4. The average molecular weight is 1900 g/mol. The third kappa shape index (κ3) is 21.9. The summed E-state index contributed by atoms with van der Waals surface area (Å²) in [7, 11) is 0. The fourth-order valence-electron chi connectivity index (χ4n) is 20.1. The van der Waals surface area contributed by atoms with Gasteiger partial charge in [0, 0.05) is 183 Å². The van der Waals surface area contributed by atoms with E-state index < -0.39 is 57.1 Å². The molecule has 9 N–H and O–H groups in total. The summed E-state index contributed by atoms with van der Waals surface area (Å²) in [5, 5.41) is 71.0. The van der Waals surface area contributed by atoms with Crippen LogP contribution >= 0.6 is 46.4 Å².